The fraction of sp³-hybridized carbons (Fsp3) is 0.658. The molecule has 0 spiro atoms. The number of nitrogens with one attached hydrogen (secondary N) is 8. The lowest BCUT2D eigenvalue weighted by Gasteiger charge is -2.28. The van der Waals surface area contributed by atoms with Crippen molar-refractivity contribution in [1.29, 1.82) is 0 Å². The largest absolute Gasteiger partial charge is 0.481 e. The normalized spacial score (nSPS) is 23.4. The van der Waals surface area contributed by atoms with Gasteiger partial charge in [0.2, 0.25) is 53.2 Å². The van der Waals surface area contributed by atoms with Crippen LogP contribution in [0.3, 0.4) is 0 Å². The number of aliphatic hydroxyl groups excluding tert-OH is 1. The number of primary amides is 1. The van der Waals surface area contributed by atoms with Crippen LogP contribution in [0.4, 0.5) is 0 Å². The highest BCUT2D eigenvalue weighted by atomic mass is 33.1. The lowest BCUT2D eigenvalue weighted by atomic mass is 10.0. The fourth-order valence-corrected chi connectivity index (χ4v) is 8.03. The number of carboxylic acid groups (broad SMARTS) is 2. The molecule has 1 rings (SSSR count). The van der Waals surface area contributed by atoms with E-state index < -0.39 is 133 Å². The molecule has 71 heavy (non-hydrogen) atoms. The summed E-state index contributed by atoms with van der Waals surface area (Å²) in [7, 11) is 1.90. The van der Waals surface area contributed by atoms with Gasteiger partial charge in [0.05, 0.1) is 31.7 Å². The average Bonchev–Trinajstić information content (AvgIpc) is 3.27. The van der Waals surface area contributed by atoms with Crippen molar-refractivity contribution in [3.63, 3.8) is 0 Å². The number of carbonyl (C=O) groups excluding carboxylic acids is 9. The van der Waals surface area contributed by atoms with Gasteiger partial charge >= 0.3 is 5.97 Å². The first-order valence-corrected chi connectivity index (χ1v) is 24.3. The molecule has 0 radical (unpaired) electrons. The first kappa shape index (κ1) is 64.3. The molecular weight excluding hydrogens is 983 g/mol. The number of aliphatic hydroxyl groups is 1. The zero-order valence-electron chi connectivity index (χ0n) is 39.3. The summed E-state index contributed by atoms with van der Waals surface area (Å²) < 4.78 is 0. The van der Waals surface area contributed by atoms with Crippen LogP contribution in [0.15, 0.2) is 9.98 Å². The van der Waals surface area contributed by atoms with Crippen LogP contribution >= 0.6 is 21.6 Å². The number of aliphatic imine (C=N–C) groups is 2. The van der Waals surface area contributed by atoms with Crippen LogP contribution in [0.1, 0.15) is 65.2 Å². The predicted octanol–water partition coefficient (Wildman–Crippen LogP) is -8.48. The third kappa shape index (κ3) is 29.8. The van der Waals surface area contributed by atoms with E-state index in [0.29, 0.717) is 6.42 Å². The van der Waals surface area contributed by atoms with Crippen molar-refractivity contribution in [3.05, 3.63) is 0 Å². The number of hydrogen-bond donors (Lipinski definition) is 18. The molecule has 25 N–H and O–H groups in total. The van der Waals surface area contributed by atoms with E-state index in [-0.39, 0.29) is 81.6 Å². The van der Waals surface area contributed by atoms with Crippen LogP contribution in [0.2, 0.25) is 0 Å². The van der Waals surface area contributed by atoms with Crippen molar-refractivity contribution in [2.75, 3.05) is 44.2 Å². The third-order valence-electron chi connectivity index (χ3n) is 9.24. The molecule has 0 unspecified atom stereocenters. The van der Waals surface area contributed by atoms with Crippen molar-refractivity contribution in [2.24, 2.45) is 50.1 Å². The van der Waals surface area contributed by atoms with Gasteiger partial charge in [0.15, 0.2) is 11.9 Å². The van der Waals surface area contributed by atoms with Crippen molar-refractivity contribution < 1.29 is 68.1 Å². The molecule has 31 nitrogen and oxygen atoms in total. The predicted molar refractivity (Wildman–Crippen MR) is 260 cm³/mol. The van der Waals surface area contributed by atoms with Crippen LogP contribution in [0, 0.1) is 0 Å². The number of amides is 9. The fourth-order valence-electron chi connectivity index (χ4n) is 5.75. The molecule has 1 saturated heterocycles. The van der Waals surface area contributed by atoms with Crippen molar-refractivity contribution in [2.45, 2.75) is 114 Å². The summed E-state index contributed by atoms with van der Waals surface area (Å²) >= 11 is 0. The van der Waals surface area contributed by atoms with E-state index in [9.17, 15) is 58.2 Å². The molecule has 1 aliphatic rings. The summed E-state index contributed by atoms with van der Waals surface area (Å²) in [5.41, 5.74) is 38.6. The van der Waals surface area contributed by atoms with Crippen molar-refractivity contribution in [1.82, 2.24) is 42.5 Å². The van der Waals surface area contributed by atoms with Crippen molar-refractivity contribution >= 4 is 98.6 Å². The van der Waals surface area contributed by atoms with Crippen LogP contribution in [0.25, 0.3) is 0 Å². The Morgan fingerprint density at radius 2 is 1.06 bits per heavy atom. The number of hydrogen-bond acceptors (Lipinski definition) is 18. The smallest absolute Gasteiger partial charge is 0.327 e. The second kappa shape index (κ2) is 35.4. The van der Waals surface area contributed by atoms with Gasteiger partial charge in [-0.1, -0.05) is 21.6 Å². The maximum atomic E-state index is 13.9. The van der Waals surface area contributed by atoms with E-state index in [1.165, 1.54) is 0 Å². The third-order valence-corrected chi connectivity index (χ3v) is 11.7. The molecule has 9 amide bonds. The van der Waals surface area contributed by atoms with Crippen molar-refractivity contribution in [3.8, 4) is 0 Å². The number of rotatable bonds is 16. The molecule has 0 aromatic carbocycles. The van der Waals surface area contributed by atoms with E-state index in [1.807, 2.05) is 0 Å². The van der Waals surface area contributed by atoms with E-state index in [1.54, 1.807) is 0 Å². The second-order valence-corrected chi connectivity index (χ2v) is 18.0. The summed E-state index contributed by atoms with van der Waals surface area (Å²) in [6.45, 7) is 0.935. The Hall–Kier alpha value is -6.71. The Morgan fingerprint density at radius 1 is 0.620 bits per heavy atom. The Balaban J connectivity index is 0.0000118. The SMILES string of the molecule is CC(=O)O.C[C@@H](O)[C@@H]1NC(=O)[C@H](CCCN=C(N)N)NC(=O)[C@H](CCCCN)NC(=O)[C@H](CC(N)=O)NC(=O)CNC(=O)[C@@H](N)CSSC[C@@H](C(=O)O)NC(=O)CNC(=O)[C@H](CCCN=C(N)N)NC1=O. The Bertz CT molecular complexity index is 1890. The van der Waals surface area contributed by atoms with Crippen LogP contribution < -0.4 is 82.7 Å². The standard InChI is InChI=1S/C36H65N17O12S2.C2H4O2/c1-17(54)27-33(63)52-19(7-4-10-44-35(40)41)29(59)47-14-26(57)49-23(34(64)65)16-67-66-15-18(38)28(58)46-13-25(56)48-22(12-24(39)55)32(62)51-20(6-2-3-9-37)30(60)50-21(31(61)53-27)8-5-11-45-36(42)43;1-2(3)4/h17-23,27,54H,2-16,37-38H2,1H3,(H2,39,55)(H,46,58)(H,47,59)(H,48,56)(H,49,57)(H,50,60)(H,51,62)(H,52,63)(H,53,61)(H,64,65)(H4,40,41,44)(H4,42,43,45);1H3,(H,3,4)/t17-,18+,19+,20+,21+,22+,23+,27+;/m1./s1. The first-order valence-electron chi connectivity index (χ1n) is 21.8. The summed E-state index contributed by atoms with van der Waals surface area (Å²) in [4.78, 5) is 148. The van der Waals surface area contributed by atoms with Gasteiger partial charge in [-0.05, 0) is 58.4 Å². The van der Waals surface area contributed by atoms with E-state index in [0.717, 1.165) is 35.4 Å². The minimum absolute atomic E-state index is 0.0000806. The van der Waals surface area contributed by atoms with Gasteiger partial charge in [0.1, 0.15) is 36.3 Å². The zero-order chi connectivity index (χ0) is 54.2. The monoisotopic (exact) mass is 1050 g/mol. The number of nitrogens with zero attached hydrogens (tertiary/aromatic N) is 2. The van der Waals surface area contributed by atoms with Gasteiger partial charge in [-0.2, -0.15) is 0 Å². The highest BCUT2D eigenvalue weighted by Crippen LogP contribution is 2.22. The van der Waals surface area contributed by atoms with Gasteiger partial charge in [-0.3, -0.25) is 57.9 Å². The topological polar surface area (TPSA) is 552 Å². The minimum Gasteiger partial charge on any atom is -0.481 e. The molecular formula is C38H69N17O14S2. The summed E-state index contributed by atoms with van der Waals surface area (Å²) in [6, 6.07) is -10.5. The molecule has 8 atom stereocenters. The molecule has 0 aromatic heterocycles. The number of unbranched alkanes of at least 4 members (excludes halogenated alkanes) is 1. The highest BCUT2D eigenvalue weighted by Gasteiger charge is 2.35. The molecule has 1 heterocycles. The summed E-state index contributed by atoms with van der Waals surface area (Å²) in [5, 5.41) is 46.7. The molecule has 0 bridgehead atoms. The molecule has 0 aromatic rings. The van der Waals surface area contributed by atoms with Gasteiger partial charge < -0.3 is 98.0 Å². The van der Waals surface area contributed by atoms with Gasteiger partial charge in [-0.15, -0.1) is 0 Å². The Morgan fingerprint density at radius 3 is 1.54 bits per heavy atom. The molecule has 0 saturated carbocycles. The van der Waals surface area contributed by atoms with E-state index in [4.69, 9.17) is 50.0 Å². The van der Waals surface area contributed by atoms with Crippen LogP contribution in [0.5, 0.6) is 0 Å². The quantitative estimate of drug-likeness (QED) is 0.0295. The Kier molecular flexibility index (Phi) is 32.1. The van der Waals surface area contributed by atoms with E-state index >= 15 is 0 Å². The maximum Gasteiger partial charge on any atom is 0.327 e. The lowest BCUT2D eigenvalue weighted by molar-refractivity contribution is -0.141. The first-order chi connectivity index (χ1) is 33.3. The second-order valence-electron chi connectivity index (χ2n) is 15.5. The Labute approximate surface area is 416 Å². The van der Waals surface area contributed by atoms with Gasteiger partial charge in [-0.25, -0.2) is 4.79 Å². The summed E-state index contributed by atoms with van der Waals surface area (Å²) in [6.07, 6.45) is -1.95. The maximum absolute atomic E-state index is 13.9. The van der Waals surface area contributed by atoms with E-state index in [2.05, 4.69) is 52.5 Å². The minimum atomic E-state index is -1.78. The number of guanidine groups is 2. The summed E-state index contributed by atoms with van der Waals surface area (Å²) in [5.74, 6) is -11.9. The number of aliphatic carboxylic acids is 2. The molecule has 402 valence electrons. The number of nitrogens with two attached hydrogens (primary N) is 7. The molecule has 0 aliphatic carbocycles. The van der Waals surface area contributed by atoms with Crippen LogP contribution in [-0.4, -0.2) is 185 Å². The van der Waals surface area contributed by atoms with Gasteiger partial charge in [0.25, 0.3) is 5.97 Å². The molecule has 33 heteroatoms. The average molecular weight is 1050 g/mol. The highest BCUT2D eigenvalue weighted by molar-refractivity contribution is 8.76. The molecule has 1 fully saturated rings. The zero-order valence-corrected chi connectivity index (χ0v) is 40.9. The van der Waals surface area contributed by atoms with Gasteiger partial charge in [0, 0.05) is 31.5 Å². The van der Waals surface area contributed by atoms with Crippen LogP contribution in [-0.2, 0) is 52.7 Å². The number of carboxylic acids is 2. The lowest BCUT2D eigenvalue weighted by Crippen LogP contribution is -2.61. The number of carbonyl (C=O) groups is 11. The molecule has 1 aliphatic heterocycles.